The minimum absolute atomic E-state index is 0.467. The van der Waals surface area contributed by atoms with E-state index in [1.807, 2.05) is 24.3 Å². The summed E-state index contributed by atoms with van der Waals surface area (Å²) < 4.78 is 15.8. The number of methoxy groups -OCH3 is 1. The molecule has 0 aromatic heterocycles. The molecule has 0 radical (unpaired) electrons. The minimum Gasteiger partial charge on any atom is -0.493 e. The molecule has 0 spiro atoms. The van der Waals surface area contributed by atoms with Gasteiger partial charge in [0.15, 0.2) is 0 Å². The molecule has 1 aromatic carbocycles. The van der Waals surface area contributed by atoms with Gasteiger partial charge in [-0.05, 0) is 24.6 Å². The van der Waals surface area contributed by atoms with Crippen LogP contribution in [0, 0.1) is 0 Å². The zero-order valence-corrected chi connectivity index (χ0v) is 11.1. The second-order valence-corrected chi connectivity index (χ2v) is 4.06. The standard InChI is InChI=1S/C14H22O4/c1-12(15)13-5-3-6-14(11-13)18-8-4-7-17-10-9-16-2/h3,5-6,11-12,15H,4,7-10H2,1-2H3/t12-/m0/s1. The van der Waals surface area contributed by atoms with Crippen molar-refractivity contribution in [3.05, 3.63) is 29.8 Å². The molecule has 0 aliphatic carbocycles. The van der Waals surface area contributed by atoms with Crippen LogP contribution in [0.25, 0.3) is 0 Å². The van der Waals surface area contributed by atoms with Crippen molar-refractivity contribution in [1.29, 1.82) is 0 Å². The monoisotopic (exact) mass is 254 g/mol. The van der Waals surface area contributed by atoms with E-state index >= 15 is 0 Å². The van der Waals surface area contributed by atoms with Gasteiger partial charge in [-0.3, -0.25) is 0 Å². The van der Waals surface area contributed by atoms with Crippen molar-refractivity contribution in [2.45, 2.75) is 19.4 Å². The number of ether oxygens (including phenoxy) is 3. The van der Waals surface area contributed by atoms with E-state index < -0.39 is 6.10 Å². The molecule has 102 valence electrons. The van der Waals surface area contributed by atoms with Gasteiger partial charge < -0.3 is 19.3 Å². The highest BCUT2D eigenvalue weighted by Gasteiger charge is 2.01. The van der Waals surface area contributed by atoms with Gasteiger partial charge >= 0.3 is 0 Å². The zero-order chi connectivity index (χ0) is 13.2. The highest BCUT2D eigenvalue weighted by atomic mass is 16.5. The third-order valence-electron chi connectivity index (χ3n) is 2.47. The van der Waals surface area contributed by atoms with Crippen molar-refractivity contribution < 1.29 is 19.3 Å². The maximum atomic E-state index is 9.45. The minimum atomic E-state index is -0.467. The summed E-state index contributed by atoms with van der Waals surface area (Å²) in [7, 11) is 1.65. The van der Waals surface area contributed by atoms with Crippen molar-refractivity contribution in [2.75, 3.05) is 33.5 Å². The second-order valence-electron chi connectivity index (χ2n) is 4.06. The summed E-state index contributed by atoms with van der Waals surface area (Å²) in [6.07, 6.45) is 0.369. The van der Waals surface area contributed by atoms with Crippen LogP contribution in [0.3, 0.4) is 0 Å². The van der Waals surface area contributed by atoms with Crippen LogP contribution in [0.2, 0.25) is 0 Å². The Kier molecular flexibility index (Phi) is 7.41. The Balaban J connectivity index is 2.17. The van der Waals surface area contributed by atoms with Gasteiger partial charge in [-0.1, -0.05) is 12.1 Å². The van der Waals surface area contributed by atoms with E-state index in [1.54, 1.807) is 14.0 Å². The van der Waals surface area contributed by atoms with E-state index in [0.717, 1.165) is 17.7 Å². The summed E-state index contributed by atoms with van der Waals surface area (Å²) in [6.45, 7) is 4.25. The first-order valence-corrected chi connectivity index (χ1v) is 6.21. The number of rotatable bonds is 9. The van der Waals surface area contributed by atoms with E-state index in [9.17, 15) is 5.11 Å². The quantitative estimate of drug-likeness (QED) is 0.686. The first-order valence-electron chi connectivity index (χ1n) is 6.21. The lowest BCUT2D eigenvalue weighted by molar-refractivity contribution is 0.0644. The van der Waals surface area contributed by atoms with Gasteiger partial charge in [-0.2, -0.15) is 0 Å². The normalized spacial score (nSPS) is 12.4. The SMILES string of the molecule is COCCOCCCOc1cccc([C@H](C)O)c1. The first kappa shape index (κ1) is 15.0. The van der Waals surface area contributed by atoms with Crippen LogP contribution in [0.15, 0.2) is 24.3 Å². The average Bonchev–Trinajstić information content (AvgIpc) is 2.38. The predicted molar refractivity (Wildman–Crippen MR) is 69.9 cm³/mol. The highest BCUT2D eigenvalue weighted by molar-refractivity contribution is 5.29. The molecule has 0 fully saturated rings. The predicted octanol–water partition coefficient (Wildman–Crippen LogP) is 2.17. The number of benzene rings is 1. The number of hydrogen-bond donors (Lipinski definition) is 1. The van der Waals surface area contributed by atoms with Gasteiger partial charge in [-0.15, -0.1) is 0 Å². The van der Waals surface area contributed by atoms with Gasteiger partial charge in [0.25, 0.3) is 0 Å². The summed E-state index contributed by atoms with van der Waals surface area (Å²) in [6, 6.07) is 7.51. The summed E-state index contributed by atoms with van der Waals surface area (Å²) >= 11 is 0. The molecule has 18 heavy (non-hydrogen) atoms. The molecule has 1 N–H and O–H groups in total. The summed E-state index contributed by atoms with van der Waals surface area (Å²) in [5.74, 6) is 0.783. The molecule has 1 rings (SSSR count). The van der Waals surface area contributed by atoms with Crippen LogP contribution in [0.4, 0.5) is 0 Å². The first-order chi connectivity index (χ1) is 8.74. The molecule has 0 amide bonds. The smallest absolute Gasteiger partial charge is 0.119 e. The third kappa shape index (κ3) is 6.00. The number of aliphatic hydroxyl groups is 1. The van der Waals surface area contributed by atoms with E-state index in [4.69, 9.17) is 14.2 Å². The molecule has 1 atom stereocenters. The Hall–Kier alpha value is -1.10. The van der Waals surface area contributed by atoms with Gasteiger partial charge in [0.05, 0.1) is 25.9 Å². The Labute approximate surface area is 108 Å². The average molecular weight is 254 g/mol. The van der Waals surface area contributed by atoms with Crippen molar-refractivity contribution in [3.8, 4) is 5.75 Å². The van der Waals surface area contributed by atoms with Crippen LogP contribution in [0.5, 0.6) is 5.75 Å². The van der Waals surface area contributed by atoms with Crippen molar-refractivity contribution in [1.82, 2.24) is 0 Å². The fourth-order valence-electron chi connectivity index (χ4n) is 1.46. The van der Waals surface area contributed by atoms with Gasteiger partial charge in [0, 0.05) is 20.1 Å². The van der Waals surface area contributed by atoms with E-state index in [2.05, 4.69) is 0 Å². The van der Waals surface area contributed by atoms with Crippen LogP contribution < -0.4 is 4.74 Å². The molecule has 0 heterocycles. The molecule has 0 aliphatic heterocycles. The Bertz CT molecular complexity index is 325. The molecule has 0 unspecified atom stereocenters. The van der Waals surface area contributed by atoms with Crippen LogP contribution in [-0.2, 0) is 9.47 Å². The van der Waals surface area contributed by atoms with Crippen LogP contribution >= 0.6 is 0 Å². The van der Waals surface area contributed by atoms with Gasteiger partial charge in [-0.25, -0.2) is 0 Å². The molecule has 4 nitrogen and oxygen atoms in total. The molecule has 0 saturated carbocycles. The largest absolute Gasteiger partial charge is 0.493 e. The van der Waals surface area contributed by atoms with E-state index in [-0.39, 0.29) is 0 Å². The molecule has 1 aromatic rings. The third-order valence-corrected chi connectivity index (χ3v) is 2.47. The lowest BCUT2D eigenvalue weighted by Gasteiger charge is -2.09. The molecule has 0 aliphatic rings. The molecule has 4 heteroatoms. The maximum Gasteiger partial charge on any atom is 0.119 e. The number of aliphatic hydroxyl groups excluding tert-OH is 1. The Morgan fingerprint density at radius 2 is 2.00 bits per heavy atom. The van der Waals surface area contributed by atoms with Crippen LogP contribution in [-0.4, -0.2) is 38.6 Å². The topological polar surface area (TPSA) is 47.9 Å². The van der Waals surface area contributed by atoms with Gasteiger partial charge in [0.2, 0.25) is 0 Å². The van der Waals surface area contributed by atoms with Crippen molar-refractivity contribution in [3.63, 3.8) is 0 Å². The van der Waals surface area contributed by atoms with Crippen molar-refractivity contribution >= 4 is 0 Å². The molecular formula is C14H22O4. The maximum absolute atomic E-state index is 9.45. The fraction of sp³-hybridized carbons (Fsp3) is 0.571. The molecule has 0 bridgehead atoms. The Morgan fingerprint density at radius 1 is 1.17 bits per heavy atom. The highest BCUT2D eigenvalue weighted by Crippen LogP contribution is 2.18. The lowest BCUT2D eigenvalue weighted by atomic mass is 10.1. The number of hydrogen-bond acceptors (Lipinski definition) is 4. The van der Waals surface area contributed by atoms with E-state index in [0.29, 0.717) is 26.4 Å². The second kappa shape index (κ2) is 8.91. The zero-order valence-electron chi connectivity index (χ0n) is 11.1. The summed E-state index contributed by atoms with van der Waals surface area (Å²) in [4.78, 5) is 0. The Morgan fingerprint density at radius 3 is 2.72 bits per heavy atom. The van der Waals surface area contributed by atoms with Crippen LogP contribution in [0.1, 0.15) is 25.0 Å². The van der Waals surface area contributed by atoms with E-state index in [1.165, 1.54) is 0 Å². The summed E-state index contributed by atoms with van der Waals surface area (Å²) in [5.41, 5.74) is 0.865. The fourth-order valence-corrected chi connectivity index (χ4v) is 1.46. The lowest BCUT2D eigenvalue weighted by Crippen LogP contribution is -2.07. The summed E-state index contributed by atoms with van der Waals surface area (Å²) in [5, 5.41) is 9.45. The molecular weight excluding hydrogens is 232 g/mol. The van der Waals surface area contributed by atoms with Crippen molar-refractivity contribution in [2.24, 2.45) is 0 Å². The van der Waals surface area contributed by atoms with Gasteiger partial charge in [0.1, 0.15) is 5.75 Å². The molecule has 0 saturated heterocycles.